The van der Waals surface area contributed by atoms with Gasteiger partial charge in [-0.2, -0.15) is 5.10 Å². The molecule has 0 saturated carbocycles. The van der Waals surface area contributed by atoms with Crippen molar-refractivity contribution < 1.29 is 8.42 Å². The normalized spacial score (nSPS) is 11.5. The number of sulfonamides is 1. The smallest absolute Gasteiger partial charge is 0.215 e. The molecule has 0 atom stereocenters. The van der Waals surface area contributed by atoms with Crippen molar-refractivity contribution in [3.63, 3.8) is 0 Å². The standard InChI is InChI=1S/C18H22N6O2S/c1-14-4-3-5-16(10-14)12-27(25,26)22-8-7-19-17-11-18(21-13-20-17)24-9-6-15(2)23-24/h3-6,9-11,13,22H,7-8,12H2,1-2H3,(H,19,20,21). The molecule has 8 nitrogen and oxygen atoms in total. The van der Waals surface area contributed by atoms with Gasteiger partial charge in [0.25, 0.3) is 0 Å². The van der Waals surface area contributed by atoms with E-state index in [1.807, 2.05) is 50.4 Å². The van der Waals surface area contributed by atoms with E-state index in [2.05, 4.69) is 25.1 Å². The Balaban J connectivity index is 1.51. The minimum absolute atomic E-state index is 0.0367. The van der Waals surface area contributed by atoms with Gasteiger partial charge in [0.05, 0.1) is 11.4 Å². The number of rotatable bonds is 8. The van der Waals surface area contributed by atoms with Crippen molar-refractivity contribution in [2.24, 2.45) is 0 Å². The summed E-state index contributed by atoms with van der Waals surface area (Å²) < 4.78 is 28.6. The largest absolute Gasteiger partial charge is 0.369 e. The third-order valence-electron chi connectivity index (χ3n) is 3.80. The molecule has 0 unspecified atom stereocenters. The average Bonchev–Trinajstić information content (AvgIpc) is 3.05. The molecule has 0 radical (unpaired) electrons. The Morgan fingerprint density at radius 2 is 1.93 bits per heavy atom. The fourth-order valence-corrected chi connectivity index (χ4v) is 3.71. The fraction of sp³-hybridized carbons (Fsp3) is 0.278. The van der Waals surface area contributed by atoms with Gasteiger partial charge < -0.3 is 5.32 Å². The molecule has 0 saturated heterocycles. The number of anilines is 1. The second-order valence-electron chi connectivity index (χ2n) is 6.23. The molecule has 2 aromatic heterocycles. The minimum Gasteiger partial charge on any atom is -0.369 e. The van der Waals surface area contributed by atoms with E-state index in [1.165, 1.54) is 6.33 Å². The predicted molar refractivity (Wildman–Crippen MR) is 104 cm³/mol. The molecule has 1 aromatic carbocycles. The number of aryl methyl sites for hydroxylation is 2. The quantitative estimate of drug-likeness (QED) is 0.573. The van der Waals surface area contributed by atoms with Crippen molar-refractivity contribution in [3.8, 4) is 5.82 Å². The van der Waals surface area contributed by atoms with E-state index in [0.29, 0.717) is 18.2 Å². The molecule has 0 aliphatic carbocycles. The molecule has 0 aliphatic rings. The van der Waals surface area contributed by atoms with Gasteiger partial charge in [-0.05, 0) is 25.5 Å². The molecule has 0 amide bonds. The molecule has 0 aliphatic heterocycles. The van der Waals surface area contributed by atoms with Crippen LogP contribution in [-0.2, 0) is 15.8 Å². The first-order valence-corrected chi connectivity index (χ1v) is 10.2. The fourth-order valence-electron chi connectivity index (χ4n) is 2.58. The summed E-state index contributed by atoms with van der Waals surface area (Å²) in [5.74, 6) is 1.21. The van der Waals surface area contributed by atoms with Crippen LogP contribution >= 0.6 is 0 Å². The number of aromatic nitrogens is 4. The van der Waals surface area contributed by atoms with Crippen molar-refractivity contribution in [2.45, 2.75) is 19.6 Å². The van der Waals surface area contributed by atoms with Crippen LogP contribution in [0.1, 0.15) is 16.8 Å². The Bertz CT molecular complexity index is 1020. The summed E-state index contributed by atoms with van der Waals surface area (Å²) in [5.41, 5.74) is 2.70. The summed E-state index contributed by atoms with van der Waals surface area (Å²) in [6.07, 6.45) is 3.26. The summed E-state index contributed by atoms with van der Waals surface area (Å²) in [5, 5.41) is 7.39. The molecule has 9 heteroatoms. The second-order valence-corrected chi connectivity index (χ2v) is 8.04. The first-order valence-electron chi connectivity index (χ1n) is 8.53. The Kier molecular flexibility index (Phi) is 5.82. The minimum atomic E-state index is -3.39. The molecule has 27 heavy (non-hydrogen) atoms. The molecule has 0 spiro atoms. The molecule has 0 bridgehead atoms. The average molecular weight is 386 g/mol. The van der Waals surface area contributed by atoms with Crippen molar-refractivity contribution in [1.82, 2.24) is 24.5 Å². The van der Waals surface area contributed by atoms with E-state index >= 15 is 0 Å². The van der Waals surface area contributed by atoms with Gasteiger partial charge in [0.1, 0.15) is 12.1 Å². The van der Waals surface area contributed by atoms with Crippen LogP contribution in [0.4, 0.5) is 5.82 Å². The van der Waals surface area contributed by atoms with Gasteiger partial charge in [0.15, 0.2) is 5.82 Å². The Labute approximate surface area is 158 Å². The van der Waals surface area contributed by atoms with E-state index in [1.54, 1.807) is 10.7 Å². The summed E-state index contributed by atoms with van der Waals surface area (Å²) >= 11 is 0. The highest BCUT2D eigenvalue weighted by atomic mass is 32.2. The van der Waals surface area contributed by atoms with Crippen LogP contribution in [0.5, 0.6) is 0 Å². The zero-order valence-corrected chi connectivity index (χ0v) is 16.1. The van der Waals surface area contributed by atoms with Crippen molar-refractivity contribution >= 4 is 15.8 Å². The van der Waals surface area contributed by atoms with Crippen LogP contribution in [0.15, 0.2) is 48.9 Å². The van der Waals surface area contributed by atoms with Gasteiger partial charge >= 0.3 is 0 Å². The van der Waals surface area contributed by atoms with Gasteiger partial charge in [0, 0.05) is 25.4 Å². The lowest BCUT2D eigenvalue weighted by atomic mass is 10.2. The van der Waals surface area contributed by atoms with E-state index in [9.17, 15) is 8.42 Å². The first kappa shape index (κ1) is 19.0. The number of nitrogens with one attached hydrogen (secondary N) is 2. The van der Waals surface area contributed by atoms with Gasteiger partial charge in [-0.3, -0.25) is 0 Å². The Morgan fingerprint density at radius 1 is 1.07 bits per heavy atom. The van der Waals surface area contributed by atoms with Crippen molar-refractivity contribution in [3.05, 3.63) is 65.7 Å². The highest BCUT2D eigenvalue weighted by Crippen LogP contribution is 2.09. The van der Waals surface area contributed by atoms with Gasteiger partial charge in [-0.1, -0.05) is 29.8 Å². The molecule has 3 aromatic rings. The van der Waals surface area contributed by atoms with Crippen molar-refractivity contribution in [1.29, 1.82) is 0 Å². The summed E-state index contributed by atoms with van der Waals surface area (Å²) in [6.45, 7) is 4.50. The maximum atomic E-state index is 12.2. The molecule has 142 valence electrons. The van der Waals surface area contributed by atoms with Gasteiger partial charge in [-0.25, -0.2) is 27.8 Å². The number of hydrogen-bond acceptors (Lipinski definition) is 6. The highest BCUT2D eigenvalue weighted by Gasteiger charge is 2.11. The molecule has 2 heterocycles. The zero-order valence-electron chi connectivity index (χ0n) is 15.3. The SMILES string of the molecule is Cc1cccc(CS(=O)(=O)NCCNc2cc(-n3ccc(C)n3)ncn2)c1. The van der Waals surface area contributed by atoms with E-state index < -0.39 is 10.0 Å². The van der Waals surface area contributed by atoms with Crippen molar-refractivity contribution in [2.75, 3.05) is 18.4 Å². The molecule has 2 N–H and O–H groups in total. The zero-order chi connectivity index (χ0) is 19.3. The van der Waals surface area contributed by atoms with E-state index in [0.717, 1.165) is 16.8 Å². The Hall–Kier alpha value is -2.78. The van der Waals surface area contributed by atoms with Gasteiger partial charge in [-0.15, -0.1) is 0 Å². The topological polar surface area (TPSA) is 102 Å². The molecular weight excluding hydrogens is 364 g/mol. The molecular formula is C18H22N6O2S. The second kappa shape index (κ2) is 8.28. The molecule has 0 fully saturated rings. The van der Waals surface area contributed by atoms with E-state index in [-0.39, 0.29) is 12.3 Å². The third kappa shape index (κ3) is 5.60. The van der Waals surface area contributed by atoms with Crippen LogP contribution in [0.2, 0.25) is 0 Å². The lowest BCUT2D eigenvalue weighted by Crippen LogP contribution is -2.30. The summed E-state index contributed by atoms with van der Waals surface area (Å²) in [6, 6.07) is 11.1. The van der Waals surface area contributed by atoms with Crippen LogP contribution in [0.3, 0.4) is 0 Å². The highest BCUT2D eigenvalue weighted by molar-refractivity contribution is 7.88. The monoisotopic (exact) mass is 386 g/mol. The number of nitrogens with zero attached hydrogens (tertiary/aromatic N) is 4. The molecule has 3 rings (SSSR count). The first-order chi connectivity index (χ1) is 12.9. The van der Waals surface area contributed by atoms with Crippen LogP contribution in [-0.4, -0.2) is 41.3 Å². The number of benzene rings is 1. The maximum Gasteiger partial charge on any atom is 0.215 e. The van der Waals surface area contributed by atoms with Crippen LogP contribution in [0, 0.1) is 13.8 Å². The number of hydrogen-bond donors (Lipinski definition) is 2. The Morgan fingerprint density at radius 3 is 2.67 bits per heavy atom. The van der Waals surface area contributed by atoms with E-state index in [4.69, 9.17) is 0 Å². The third-order valence-corrected chi connectivity index (χ3v) is 5.16. The van der Waals surface area contributed by atoms with Gasteiger partial charge in [0.2, 0.25) is 10.0 Å². The van der Waals surface area contributed by atoms with Crippen LogP contribution in [0.25, 0.3) is 5.82 Å². The van der Waals surface area contributed by atoms with Crippen LogP contribution < -0.4 is 10.0 Å². The maximum absolute atomic E-state index is 12.2. The lowest BCUT2D eigenvalue weighted by molar-refractivity contribution is 0.582. The summed E-state index contributed by atoms with van der Waals surface area (Å²) in [7, 11) is -3.39. The predicted octanol–water partition coefficient (Wildman–Crippen LogP) is 1.81. The lowest BCUT2D eigenvalue weighted by Gasteiger charge is -2.09. The summed E-state index contributed by atoms with van der Waals surface area (Å²) in [4.78, 5) is 8.32.